The lowest BCUT2D eigenvalue weighted by Gasteiger charge is -2.12. The molecular formula is C20H17ClN2O4S. The number of benzene rings is 2. The molecule has 0 bridgehead atoms. The Kier molecular flexibility index (Phi) is 6.06. The van der Waals surface area contributed by atoms with Crippen LogP contribution in [0.3, 0.4) is 0 Å². The highest BCUT2D eigenvalue weighted by Gasteiger charge is 2.32. The van der Waals surface area contributed by atoms with Crippen molar-refractivity contribution in [2.24, 2.45) is 4.99 Å². The third-order valence-corrected chi connectivity index (χ3v) is 5.30. The van der Waals surface area contributed by atoms with Gasteiger partial charge in [-0.1, -0.05) is 23.7 Å². The number of methoxy groups -OCH3 is 1. The molecule has 28 heavy (non-hydrogen) atoms. The first-order chi connectivity index (χ1) is 13.4. The molecule has 144 valence electrons. The molecule has 0 atom stereocenters. The molecule has 0 saturated carbocycles. The minimum absolute atomic E-state index is 0.142. The summed E-state index contributed by atoms with van der Waals surface area (Å²) in [6, 6.07) is 11.6. The summed E-state index contributed by atoms with van der Waals surface area (Å²) in [5.41, 5.74) is 1.39. The third kappa shape index (κ3) is 4.21. The Hall–Kier alpha value is -2.77. The number of carboxylic acid groups (broad SMARTS) is 1. The summed E-state index contributed by atoms with van der Waals surface area (Å²) in [6.07, 6.45) is 1.75. The molecule has 0 radical (unpaired) electrons. The van der Waals surface area contributed by atoms with E-state index in [1.54, 1.807) is 35.2 Å². The maximum absolute atomic E-state index is 12.7. The van der Waals surface area contributed by atoms with Gasteiger partial charge in [0.15, 0.2) is 5.17 Å². The molecule has 2 aromatic carbocycles. The number of carboxylic acids is 1. The highest BCUT2D eigenvalue weighted by Crippen LogP contribution is 2.35. The van der Waals surface area contributed by atoms with E-state index in [-0.39, 0.29) is 11.5 Å². The van der Waals surface area contributed by atoms with Crippen LogP contribution in [0.4, 0.5) is 5.69 Å². The Balaban J connectivity index is 1.93. The number of rotatable bonds is 5. The van der Waals surface area contributed by atoms with Gasteiger partial charge < -0.3 is 9.84 Å². The van der Waals surface area contributed by atoms with Crippen molar-refractivity contribution in [2.75, 3.05) is 13.7 Å². The zero-order chi connectivity index (χ0) is 20.3. The van der Waals surface area contributed by atoms with Crippen LogP contribution in [0, 0.1) is 0 Å². The van der Waals surface area contributed by atoms with Gasteiger partial charge in [0, 0.05) is 6.54 Å². The minimum Gasteiger partial charge on any atom is -0.495 e. The van der Waals surface area contributed by atoms with Crippen LogP contribution in [0.25, 0.3) is 6.08 Å². The molecule has 1 aliphatic heterocycles. The van der Waals surface area contributed by atoms with Crippen LogP contribution < -0.4 is 4.74 Å². The Bertz CT molecular complexity index is 1000. The normalized spacial score (nSPS) is 16.8. The average Bonchev–Trinajstić information content (AvgIpc) is 2.96. The van der Waals surface area contributed by atoms with E-state index in [1.165, 1.54) is 31.0 Å². The SMILES string of the molecule is CCN1C(=O)/C(=C/c2ccc(OC)c(Cl)c2)SC1=Nc1cccc(C(=O)O)c1. The molecule has 8 heteroatoms. The lowest BCUT2D eigenvalue weighted by molar-refractivity contribution is -0.122. The van der Waals surface area contributed by atoms with E-state index < -0.39 is 5.97 Å². The summed E-state index contributed by atoms with van der Waals surface area (Å²) in [4.78, 5) is 30.4. The van der Waals surface area contributed by atoms with Crippen molar-refractivity contribution in [1.29, 1.82) is 0 Å². The molecule has 1 saturated heterocycles. The van der Waals surface area contributed by atoms with Crippen LogP contribution in [-0.2, 0) is 4.79 Å². The predicted octanol–water partition coefficient (Wildman–Crippen LogP) is 4.67. The minimum atomic E-state index is -1.03. The van der Waals surface area contributed by atoms with Crippen molar-refractivity contribution in [3.63, 3.8) is 0 Å². The van der Waals surface area contributed by atoms with E-state index in [4.69, 9.17) is 21.4 Å². The van der Waals surface area contributed by atoms with E-state index in [2.05, 4.69) is 4.99 Å². The van der Waals surface area contributed by atoms with Gasteiger partial charge >= 0.3 is 5.97 Å². The van der Waals surface area contributed by atoms with Crippen molar-refractivity contribution in [1.82, 2.24) is 4.90 Å². The number of amidine groups is 1. The Morgan fingerprint density at radius 1 is 1.32 bits per heavy atom. The number of aliphatic imine (C=N–C) groups is 1. The monoisotopic (exact) mass is 416 g/mol. The first-order valence-corrected chi connectivity index (χ1v) is 9.59. The fourth-order valence-electron chi connectivity index (χ4n) is 2.61. The smallest absolute Gasteiger partial charge is 0.335 e. The number of thioether (sulfide) groups is 1. The molecule has 0 unspecified atom stereocenters. The maximum atomic E-state index is 12.7. The van der Waals surface area contributed by atoms with E-state index in [0.29, 0.717) is 33.1 Å². The van der Waals surface area contributed by atoms with Crippen LogP contribution in [-0.4, -0.2) is 40.7 Å². The molecule has 1 aliphatic rings. The van der Waals surface area contributed by atoms with Gasteiger partial charge in [-0.05, 0) is 60.7 Å². The highest BCUT2D eigenvalue weighted by atomic mass is 35.5. The first-order valence-electron chi connectivity index (χ1n) is 8.40. The number of aromatic carboxylic acids is 1. The number of hydrogen-bond acceptors (Lipinski definition) is 5. The molecule has 0 aromatic heterocycles. The number of carbonyl (C=O) groups excluding carboxylic acids is 1. The Morgan fingerprint density at radius 2 is 2.11 bits per heavy atom. The molecule has 3 rings (SSSR count). The molecular weight excluding hydrogens is 400 g/mol. The topological polar surface area (TPSA) is 79.2 Å². The molecule has 6 nitrogen and oxygen atoms in total. The molecule has 1 heterocycles. The fraction of sp³-hybridized carbons (Fsp3) is 0.150. The van der Waals surface area contributed by atoms with E-state index in [9.17, 15) is 9.59 Å². The second kappa shape index (κ2) is 8.50. The molecule has 1 fully saturated rings. The maximum Gasteiger partial charge on any atom is 0.335 e. The number of nitrogens with zero attached hydrogens (tertiary/aromatic N) is 2. The van der Waals surface area contributed by atoms with E-state index in [0.717, 1.165) is 5.56 Å². The van der Waals surface area contributed by atoms with Crippen LogP contribution >= 0.6 is 23.4 Å². The van der Waals surface area contributed by atoms with Gasteiger partial charge in [0.05, 0.1) is 28.3 Å². The van der Waals surface area contributed by atoms with Crippen LogP contribution in [0.1, 0.15) is 22.8 Å². The summed E-state index contributed by atoms with van der Waals surface area (Å²) in [6.45, 7) is 2.30. The molecule has 0 spiro atoms. The summed E-state index contributed by atoms with van der Waals surface area (Å²) in [5.74, 6) is -0.626. The Morgan fingerprint density at radius 3 is 2.75 bits per heavy atom. The lowest BCUT2D eigenvalue weighted by Crippen LogP contribution is -2.28. The first kappa shape index (κ1) is 20.0. The second-order valence-electron chi connectivity index (χ2n) is 5.80. The van der Waals surface area contributed by atoms with Crippen LogP contribution in [0.15, 0.2) is 52.4 Å². The summed E-state index contributed by atoms with van der Waals surface area (Å²) < 4.78 is 5.14. The predicted molar refractivity (Wildman–Crippen MR) is 111 cm³/mol. The molecule has 1 N–H and O–H groups in total. The number of hydrogen-bond donors (Lipinski definition) is 1. The molecule has 1 amide bonds. The van der Waals surface area contributed by atoms with Crippen molar-refractivity contribution >= 4 is 52.2 Å². The van der Waals surface area contributed by atoms with Crippen molar-refractivity contribution < 1.29 is 19.4 Å². The van der Waals surface area contributed by atoms with Gasteiger partial charge in [0.1, 0.15) is 5.75 Å². The number of halogens is 1. The van der Waals surface area contributed by atoms with Crippen molar-refractivity contribution in [2.45, 2.75) is 6.92 Å². The summed E-state index contributed by atoms with van der Waals surface area (Å²) in [7, 11) is 1.54. The van der Waals surface area contributed by atoms with Crippen molar-refractivity contribution in [3.05, 3.63) is 63.5 Å². The second-order valence-corrected chi connectivity index (χ2v) is 7.22. The van der Waals surface area contributed by atoms with E-state index in [1.807, 2.05) is 13.0 Å². The lowest BCUT2D eigenvalue weighted by atomic mass is 10.2. The van der Waals surface area contributed by atoms with Gasteiger partial charge in [-0.2, -0.15) is 0 Å². The van der Waals surface area contributed by atoms with Crippen LogP contribution in [0.5, 0.6) is 5.75 Å². The zero-order valence-electron chi connectivity index (χ0n) is 15.2. The molecule has 2 aromatic rings. The largest absolute Gasteiger partial charge is 0.495 e. The Labute approximate surface area is 171 Å². The van der Waals surface area contributed by atoms with Gasteiger partial charge in [-0.15, -0.1) is 0 Å². The highest BCUT2D eigenvalue weighted by molar-refractivity contribution is 8.18. The van der Waals surface area contributed by atoms with Crippen molar-refractivity contribution in [3.8, 4) is 5.75 Å². The fourth-order valence-corrected chi connectivity index (χ4v) is 3.94. The summed E-state index contributed by atoms with van der Waals surface area (Å²) in [5, 5.41) is 10.1. The quantitative estimate of drug-likeness (QED) is 0.716. The van der Waals surface area contributed by atoms with Gasteiger partial charge in [-0.25, -0.2) is 9.79 Å². The summed E-state index contributed by atoms with van der Waals surface area (Å²) >= 11 is 7.39. The zero-order valence-corrected chi connectivity index (χ0v) is 16.8. The number of likely N-dealkylation sites (N-methyl/N-ethyl adjacent to an activating group) is 1. The molecule has 0 aliphatic carbocycles. The van der Waals surface area contributed by atoms with Gasteiger partial charge in [0.2, 0.25) is 0 Å². The average molecular weight is 417 g/mol. The third-order valence-electron chi connectivity index (χ3n) is 4.00. The van der Waals surface area contributed by atoms with Gasteiger partial charge in [0.25, 0.3) is 5.91 Å². The van der Waals surface area contributed by atoms with Crippen LogP contribution in [0.2, 0.25) is 5.02 Å². The number of amides is 1. The number of carbonyl (C=O) groups is 2. The number of ether oxygens (including phenoxy) is 1. The standard InChI is InChI=1S/C20H17ClN2O4S/c1-3-23-18(24)17(10-12-7-8-16(27-2)15(21)9-12)28-20(23)22-14-6-4-5-13(11-14)19(25)26/h4-11H,3H2,1-2H3,(H,25,26)/b17-10-,22-20?. The van der Waals surface area contributed by atoms with E-state index >= 15 is 0 Å². The van der Waals surface area contributed by atoms with Gasteiger partial charge in [-0.3, -0.25) is 9.69 Å².